The molecule has 0 aliphatic heterocycles. The zero-order valence-corrected chi connectivity index (χ0v) is 12.0. The van der Waals surface area contributed by atoms with Crippen molar-refractivity contribution in [1.29, 1.82) is 0 Å². The highest BCUT2D eigenvalue weighted by molar-refractivity contribution is 7.89. The molecule has 4 nitrogen and oxygen atoms in total. The normalized spacial score (nSPS) is 12.1. The van der Waals surface area contributed by atoms with Crippen molar-refractivity contribution < 1.29 is 12.8 Å². The molecule has 0 radical (unpaired) electrons. The number of sulfonamides is 1. The van der Waals surface area contributed by atoms with E-state index in [1.807, 2.05) is 0 Å². The predicted octanol–water partition coefficient (Wildman–Crippen LogP) is 1.87. The van der Waals surface area contributed by atoms with Gasteiger partial charge in [0.1, 0.15) is 10.7 Å². The maximum atomic E-state index is 13.9. The molecule has 0 saturated heterocycles. The van der Waals surface area contributed by atoms with Gasteiger partial charge in [0.05, 0.1) is 0 Å². The van der Waals surface area contributed by atoms with Crippen molar-refractivity contribution in [3.05, 3.63) is 42.2 Å². The van der Waals surface area contributed by atoms with Gasteiger partial charge in [-0.25, -0.2) is 12.8 Å². The van der Waals surface area contributed by atoms with E-state index in [1.54, 1.807) is 13.8 Å². The Morgan fingerprint density at radius 3 is 2.53 bits per heavy atom. The smallest absolute Gasteiger partial charge is 0.246 e. The molecule has 0 unspecified atom stereocenters. The molecule has 0 bridgehead atoms. The van der Waals surface area contributed by atoms with E-state index in [1.165, 1.54) is 22.5 Å². The lowest BCUT2D eigenvalue weighted by Crippen LogP contribution is -2.37. The predicted molar refractivity (Wildman–Crippen MR) is 73.5 cm³/mol. The van der Waals surface area contributed by atoms with Gasteiger partial charge in [-0.05, 0) is 31.5 Å². The van der Waals surface area contributed by atoms with Crippen LogP contribution < -0.4 is 5.73 Å². The van der Waals surface area contributed by atoms with Gasteiger partial charge in [0, 0.05) is 19.1 Å². The fourth-order valence-electron chi connectivity index (χ4n) is 1.72. The monoisotopic (exact) mass is 286 g/mol. The molecule has 0 aliphatic rings. The highest BCUT2D eigenvalue weighted by Gasteiger charge is 2.28. The van der Waals surface area contributed by atoms with E-state index in [9.17, 15) is 12.8 Å². The first kappa shape index (κ1) is 15.8. The lowest BCUT2D eigenvalue weighted by Gasteiger charge is -2.24. The summed E-state index contributed by atoms with van der Waals surface area (Å²) in [4.78, 5) is -0.333. The first-order valence-corrected chi connectivity index (χ1v) is 7.39. The van der Waals surface area contributed by atoms with Gasteiger partial charge in [-0.1, -0.05) is 12.1 Å². The largest absolute Gasteiger partial charge is 0.326 e. The maximum absolute atomic E-state index is 13.9. The first-order valence-electron chi connectivity index (χ1n) is 5.95. The lowest BCUT2D eigenvalue weighted by molar-refractivity contribution is 0.380. The van der Waals surface area contributed by atoms with Crippen molar-refractivity contribution in [3.63, 3.8) is 0 Å². The summed E-state index contributed by atoms with van der Waals surface area (Å²) < 4.78 is 39.9. The highest BCUT2D eigenvalue weighted by atomic mass is 32.2. The van der Waals surface area contributed by atoms with Crippen molar-refractivity contribution in [2.75, 3.05) is 6.54 Å². The van der Waals surface area contributed by atoms with Crippen LogP contribution >= 0.6 is 0 Å². The molecule has 0 aromatic heterocycles. The minimum atomic E-state index is -3.87. The number of nitrogens with two attached hydrogens (primary N) is 1. The number of hydrogen-bond acceptors (Lipinski definition) is 3. The molecule has 0 fully saturated rings. The number of rotatable bonds is 6. The molecule has 0 atom stereocenters. The Morgan fingerprint density at radius 1 is 1.47 bits per heavy atom. The van der Waals surface area contributed by atoms with Crippen molar-refractivity contribution >= 4 is 10.0 Å². The summed E-state index contributed by atoms with van der Waals surface area (Å²) in [5.74, 6) is -0.780. The average molecular weight is 286 g/mol. The lowest BCUT2D eigenvalue weighted by atomic mass is 10.2. The fourth-order valence-corrected chi connectivity index (χ4v) is 3.38. The molecule has 0 spiro atoms. The van der Waals surface area contributed by atoms with Gasteiger partial charge in [0.15, 0.2) is 0 Å². The van der Waals surface area contributed by atoms with Crippen LogP contribution in [-0.2, 0) is 16.6 Å². The molecule has 1 rings (SSSR count). The summed E-state index contributed by atoms with van der Waals surface area (Å²) in [6, 6.07) is 3.64. The third-order valence-electron chi connectivity index (χ3n) is 2.70. The summed E-state index contributed by atoms with van der Waals surface area (Å²) in [6.07, 6.45) is 1.48. The van der Waals surface area contributed by atoms with E-state index in [0.29, 0.717) is 5.56 Å². The van der Waals surface area contributed by atoms with Crippen LogP contribution in [0.3, 0.4) is 0 Å². The van der Waals surface area contributed by atoms with Crippen LogP contribution in [0.25, 0.3) is 0 Å². The Morgan fingerprint density at radius 2 is 2.11 bits per heavy atom. The quantitative estimate of drug-likeness (QED) is 0.812. The van der Waals surface area contributed by atoms with Crippen molar-refractivity contribution in [1.82, 2.24) is 4.31 Å². The summed E-state index contributed by atoms with van der Waals surface area (Å²) in [5.41, 5.74) is 5.95. The van der Waals surface area contributed by atoms with E-state index >= 15 is 0 Å². The van der Waals surface area contributed by atoms with Gasteiger partial charge in [-0.15, -0.1) is 6.58 Å². The first-order chi connectivity index (χ1) is 8.84. The zero-order chi connectivity index (χ0) is 14.6. The molecule has 2 N–H and O–H groups in total. The Labute approximate surface area is 113 Å². The molecule has 1 aromatic carbocycles. The molecule has 106 valence electrons. The summed E-state index contributed by atoms with van der Waals surface area (Å²) in [5, 5.41) is 0. The van der Waals surface area contributed by atoms with Crippen LogP contribution in [-0.4, -0.2) is 25.3 Å². The third-order valence-corrected chi connectivity index (χ3v) is 4.78. The zero-order valence-electron chi connectivity index (χ0n) is 11.1. The van der Waals surface area contributed by atoms with Crippen LogP contribution in [0.1, 0.15) is 19.4 Å². The van der Waals surface area contributed by atoms with Crippen molar-refractivity contribution in [3.8, 4) is 0 Å². The average Bonchev–Trinajstić information content (AvgIpc) is 2.34. The van der Waals surface area contributed by atoms with Crippen molar-refractivity contribution in [2.45, 2.75) is 31.3 Å². The highest BCUT2D eigenvalue weighted by Crippen LogP contribution is 2.22. The Bertz CT molecular complexity index is 556. The number of nitrogens with zero attached hydrogens (tertiary/aromatic N) is 1. The fraction of sp³-hybridized carbons (Fsp3) is 0.385. The SMILES string of the molecule is C=CCN(C(C)C)S(=O)(=O)c1ccc(CN)cc1F. The van der Waals surface area contributed by atoms with Crippen LogP contribution in [0.15, 0.2) is 35.7 Å². The summed E-state index contributed by atoms with van der Waals surface area (Å²) in [7, 11) is -3.87. The van der Waals surface area contributed by atoms with Gasteiger partial charge < -0.3 is 5.73 Å². The topological polar surface area (TPSA) is 63.4 Å². The third kappa shape index (κ3) is 3.40. The molecule has 6 heteroatoms. The second-order valence-electron chi connectivity index (χ2n) is 4.43. The molecule has 19 heavy (non-hydrogen) atoms. The number of halogens is 1. The van der Waals surface area contributed by atoms with E-state index in [-0.39, 0.29) is 24.0 Å². The van der Waals surface area contributed by atoms with Crippen molar-refractivity contribution in [2.24, 2.45) is 5.73 Å². The minimum Gasteiger partial charge on any atom is -0.326 e. The van der Waals surface area contributed by atoms with E-state index in [4.69, 9.17) is 5.73 Å². The molecule has 0 aliphatic carbocycles. The van der Waals surface area contributed by atoms with Gasteiger partial charge in [0.25, 0.3) is 0 Å². The molecule has 0 heterocycles. The van der Waals surface area contributed by atoms with E-state index in [2.05, 4.69) is 6.58 Å². The van der Waals surface area contributed by atoms with E-state index in [0.717, 1.165) is 6.07 Å². The maximum Gasteiger partial charge on any atom is 0.246 e. The van der Waals surface area contributed by atoms with Gasteiger partial charge >= 0.3 is 0 Å². The molecular weight excluding hydrogens is 267 g/mol. The Hall–Kier alpha value is -1.24. The Balaban J connectivity index is 3.29. The van der Waals surface area contributed by atoms with Gasteiger partial charge in [-0.3, -0.25) is 0 Å². The van der Waals surface area contributed by atoms with Gasteiger partial charge in [-0.2, -0.15) is 4.31 Å². The second-order valence-corrected chi connectivity index (χ2v) is 6.29. The van der Waals surface area contributed by atoms with Crippen LogP contribution in [0, 0.1) is 5.82 Å². The van der Waals surface area contributed by atoms with Crippen LogP contribution in [0.5, 0.6) is 0 Å². The summed E-state index contributed by atoms with van der Waals surface area (Å²) >= 11 is 0. The van der Waals surface area contributed by atoms with E-state index < -0.39 is 15.8 Å². The van der Waals surface area contributed by atoms with Crippen LogP contribution in [0.2, 0.25) is 0 Å². The minimum absolute atomic E-state index is 0.137. The molecule has 0 saturated carbocycles. The number of hydrogen-bond donors (Lipinski definition) is 1. The second kappa shape index (κ2) is 6.27. The molecular formula is C13H19FN2O2S. The molecule has 1 aromatic rings. The number of benzene rings is 1. The standard InChI is InChI=1S/C13H19FN2O2S/c1-4-7-16(10(2)3)19(17,18)13-6-5-11(9-15)8-12(13)14/h4-6,8,10H,1,7,9,15H2,2-3H3. The Kier molecular flexibility index (Phi) is 5.22. The summed E-state index contributed by atoms with van der Waals surface area (Å²) in [6.45, 7) is 7.28. The van der Waals surface area contributed by atoms with Gasteiger partial charge in [0.2, 0.25) is 10.0 Å². The van der Waals surface area contributed by atoms with Crippen LogP contribution in [0.4, 0.5) is 4.39 Å². The molecule has 0 amide bonds.